The summed E-state index contributed by atoms with van der Waals surface area (Å²) in [5.41, 5.74) is -2.10. The number of amides is 2. The number of carbonyl (C=O) groups excluding carboxylic acids is 2. The van der Waals surface area contributed by atoms with Gasteiger partial charge in [0.1, 0.15) is 5.54 Å². The normalized spacial score (nSPS) is 34.7. The molecule has 106 valence electrons. The van der Waals surface area contributed by atoms with Gasteiger partial charge in [0, 0.05) is 6.42 Å². The van der Waals surface area contributed by atoms with Gasteiger partial charge < -0.3 is 5.11 Å². The SMILES string of the molecule is CC1CCCC(C(=O)O)(N2C(=O)CC(C)(C)C2=O)C1. The molecule has 2 atom stereocenters. The highest BCUT2D eigenvalue weighted by Gasteiger charge is 2.58. The molecule has 1 heterocycles. The molecule has 1 aliphatic heterocycles. The summed E-state index contributed by atoms with van der Waals surface area (Å²) in [6.45, 7) is 5.39. The van der Waals surface area contributed by atoms with Crippen molar-refractivity contribution in [2.75, 3.05) is 0 Å². The third-order valence-corrected chi connectivity index (χ3v) is 4.42. The summed E-state index contributed by atoms with van der Waals surface area (Å²) in [5, 5.41) is 9.63. The van der Waals surface area contributed by atoms with E-state index in [4.69, 9.17) is 0 Å². The van der Waals surface area contributed by atoms with Crippen LogP contribution in [0.15, 0.2) is 0 Å². The molecule has 19 heavy (non-hydrogen) atoms. The van der Waals surface area contributed by atoms with Gasteiger partial charge >= 0.3 is 5.97 Å². The van der Waals surface area contributed by atoms with Crippen LogP contribution >= 0.6 is 0 Å². The maximum absolute atomic E-state index is 12.4. The van der Waals surface area contributed by atoms with E-state index in [0.717, 1.165) is 17.7 Å². The van der Waals surface area contributed by atoms with Gasteiger partial charge in [-0.05, 0) is 18.8 Å². The number of carboxylic acid groups (broad SMARTS) is 1. The highest BCUT2D eigenvalue weighted by molar-refractivity contribution is 6.09. The first-order valence-electron chi connectivity index (χ1n) is 6.81. The second-order valence-electron chi connectivity index (χ2n) is 6.63. The molecule has 2 fully saturated rings. The number of imide groups is 1. The standard InChI is InChI=1S/C14H21NO4/c1-9-5-4-6-14(7-9,12(18)19)15-10(16)8-13(2,3)11(15)17/h9H,4-8H2,1-3H3,(H,18,19). The monoisotopic (exact) mass is 267 g/mol. The Kier molecular flexibility index (Phi) is 3.19. The molecule has 0 spiro atoms. The first-order valence-corrected chi connectivity index (χ1v) is 6.81. The van der Waals surface area contributed by atoms with Crippen LogP contribution in [0.2, 0.25) is 0 Å². The lowest BCUT2D eigenvalue weighted by atomic mass is 9.75. The Morgan fingerprint density at radius 1 is 1.37 bits per heavy atom. The Morgan fingerprint density at radius 3 is 2.42 bits per heavy atom. The van der Waals surface area contributed by atoms with Gasteiger partial charge in [0.2, 0.25) is 11.8 Å². The zero-order valence-electron chi connectivity index (χ0n) is 11.7. The van der Waals surface area contributed by atoms with Crippen molar-refractivity contribution in [2.45, 2.75) is 58.4 Å². The molecular formula is C14H21NO4. The van der Waals surface area contributed by atoms with Crippen molar-refractivity contribution in [3.63, 3.8) is 0 Å². The van der Waals surface area contributed by atoms with Gasteiger partial charge in [-0.2, -0.15) is 0 Å². The first-order chi connectivity index (χ1) is 8.70. The fourth-order valence-corrected chi connectivity index (χ4v) is 3.40. The number of nitrogens with zero attached hydrogens (tertiary/aromatic N) is 1. The van der Waals surface area contributed by atoms with E-state index in [1.54, 1.807) is 13.8 Å². The molecule has 5 nitrogen and oxygen atoms in total. The molecule has 0 aromatic carbocycles. The summed E-state index contributed by atoms with van der Waals surface area (Å²) >= 11 is 0. The molecule has 1 aliphatic carbocycles. The first kappa shape index (κ1) is 14.0. The Balaban J connectivity index is 2.43. The lowest BCUT2D eigenvalue weighted by Gasteiger charge is -2.42. The number of hydrogen-bond donors (Lipinski definition) is 1. The van der Waals surface area contributed by atoms with E-state index in [-0.39, 0.29) is 24.2 Å². The molecule has 2 rings (SSSR count). The average molecular weight is 267 g/mol. The van der Waals surface area contributed by atoms with Crippen molar-refractivity contribution in [1.82, 2.24) is 4.90 Å². The number of likely N-dealkylation sites (tertiary alicyclic amines) is 1. The van der Waals surface area contributed by atoms with Gasteiger partial charge in [0.15, 0.2) is 0 Å². The summed E-state index contributed by atoms with van der Waals surface area (Å²) in [6, 6.07) is 0. The predicted octanol–water partition coefficient (Wildman–Crippen LogP) is 1.80. The lowest BCUT2D eigenvalue weighted by Crippen LogP contribution is -2.59. The van der Waals surface area contributed by atoms with E-state index in [0.29, 0.717) is 12.8 Å². The topological polar surface area (TPSA) is 74.7 Å². The summed E-state index contributed by atoms with van der Waals surface area (Å²) in [7, 11) is 0. The third-order valence-electron chi connectivity index (χ3n) is 4.42. The number of aliphatic carboxylic acids is 1. The number of rotatable bonds is 2. The van der Waals surface area contributed by atoms with E-state index < -0.39 is 16.9 Å². The van der Waals surface area contributed by atoms with Crippen LogP contribution in [-0.2, 0) is 14.4 Å². The Bertz CT molecular complexity index is 443. The molecule has 2 amide bonds. The highest BCUT2D eigenvalue weighted by Crippen LogP contribution is 2.43. The van der Waals surface area contributed by atoms with Gasteiger partial charge in [0.05, 0.1) is 5.41 Å². The molecule has 2 aliphatic rings. The van der Waals surface area contributed by atoms with E-state index in [9.17, 15) is 19.5 Å². The van der Waals surface area contributed by atoms with Gasteiger partial charge in [-0.15, -0.1) is 0 Å². The molecule has 0 radical (unpaired) electrons. The van der Waals surface area contributed by atoms with Crippen LogP contribution in [-0.4, -0.2) is 33.3 Å². The van der Waals surface area contributed by atoms with Crippen LogP contribution in [0.5, 0.6) is 0 Å². The number of carboxylic acids is 1. The zero-order chi connectivity index (χ0) is 14.4. The van der Waals surface area contributed by atoms with Crippen LogP contribution in [0.4, 0.5) is 0 Å². The maximum Gasteiger partial charge on any atom is 0.330 e. The van der Waals surface area contributed by atoms with Crippen LogP contribution in [0.1, 0.15) is 52.9 Å². The molecule has 1 saturated heterocycles. The molecule has 5 heteroatoms. The van der Waals surface area contributed by atoms with Gasteiger partial charge in [-0.3, -0.25) is 14.5 Å². The lowest BCUT2D eigenvalue weighted by molar-refractivity contribution is -0.167. The van der Waals surface area contributed by atoms with Crippen LogP contribution in [0.25, 0.3) is 0 Å². The minimum absolute atomic E-state index is 0.106. The maximum atomic E-state index is 12.4. The van der Waals surface area contributed by atoms with E-state index in [1.807, 2.05) is 6.92 Å². The largest absolute Gasteiger partial charge is 0.479 e. The molecule has 0 aromatic heterocycles. The number of carbonyl (C=O) groups is 3. The Labute approximate surface area is 113 Å². The van der Waals surface area contributed by atoms with Crippen molar-refractivity contribution < 1.29 is 19.5 Å². The molecule has 0 bridgehead atoms. The van der Waals surface area contributed by atoms with Crippen molar-refractivity contribution in [2.24, 2.45) is 11.3 Å². The third kappa shape index (κ3) is 2.05. The van der Waals surface area contributed by atoms with Crippen molar-refractivity contribution in [1.29, 1.82) is 0 Å². The zero-order valence-corrected chi connectivity index (χ0v) is 11.7. The van der Waals surface area contributed by atoms with Crippen LogP contribution in [0.3, 0.4) is 0 Å². The molecule has 1 N–H and O–H groups in total. The highest BCUT2D eigenvalue weighted by atomic mass is 16.4. The molecular weight excluding hydrogens is 246 g/mol. The molecule has 2 unspecified atom stereocenters. The molecule has 0 aromatic rings. The van der Waals surface area contributed by atoms with Crippen LogP contribution in [0, 0.1) is 11.3 Å². The van der Waals surface area contributed by atoms with Crippen molar-refractivity contribution >= 4 is 17.8 Å². The fraction of sp³-hybridized carbons (Fsp3) is 0.786. The van der Waals surface area contributed by atoms with Gasteiger partial charge in [0.25, 0.3) is 0 Å². The summed E-state index contributed by atoms with van der Waals surface area (Å²) < 4.78 is 0. The molecule has 1 saturated carbocycles. The van der Waals surface area contributed by atoms with E-state index in [1.165, 1.54) is 0 Å². The minimum Gasteiger partial charge on any atom is -0.479 e. The second kappa shape index (κ2) is 4.32. The summed E-state index contributed by atoms with van der Waals surface area (Å²) in [6.07, 6.45) is 2.55. The smallest absolute Gasteiger partial charge is 0.330 e. The van der Waals surface area contributed by atoms with Gasteiger partial charge in [-0.25, -0.2) is 4.79 Å². The Hall–Kier alpha value is -1.39. The van der Waals surface area contributed by atoms with Crippen molar-refractivity contribution in [3.05, 3.63) is 0 Å². The Morgan fingerprint density at radius 2 is 2.00 bits per heavy atom. The van der Waals surface area contributed by atoms with Crippen LogP contribution < -0.4 is 0 Å². The average Bonchev–Trinajstić information content (AvgIpc) is 2.47. The van der Waals surface area contributed by atoms with E-state index in [2.05, 4.69) is 0 Å². The van der Waals surface area contributed by atoms with E-state index >= 15 is 0 Å². The summed E-state index contributed by atoms with van der Waals surface area (Å²) in [4.78, 5) is 37.4. The minimum atomic E-state index is -1.32. The fourth-order valence-electron chi connectivity index (χ4n) is 3.40. The van der Waals surface area contributed by atoms with Gasteiger partial charge in [-0.1, -0.05) is 33.6 Å². The second-order valence-corrected chi connectivity index (χ2v) is 6.63. The number of hydrogen-bond acceptors (Lipinski definition) is 3. The quantitative estimate of drug-likeness (QED) is 0.774. The predicted molar refractivity (Wildman–Crippen MR) is 68.2 cm³/mol. The van der Waals surface area contributed by atoms with Crippen molar-refractivity contribution in [3.8, 4) is 0 Å². The summed E-state index contributed by atoms with van der Waals surface area (Å²) in [5.74, 6) is -1.51.